The van der Waals surface area contributed by atoms with E-state index in [1.165, 1.54) is 0 Å². The van der Waals surface area contributed by atoms with Gasteiger partial charge in [0, 0.05) is 17.5 Å². The SMILES string of the molecule is C=C/C=C(\C=C/C)NC(=O)c1cn(-c2ccccc2)nc1-c1ccccc1.CC. The molecule has 3 aromatic rings. The number of hydrogen-bond donors (Lipinski definition) is 1. The van der Waals surface area contributed by atoms with Crippen molar-refractivity contribution in [2.75, 3.05) is 0 Å². The van der Waals surface area contributed by atoms with Gasteiger partial charge in [-0.25, -0.2) is 4.68 Å². The molecule has 2 aromatic carbocycles. The first-order valence-corrected chi connectivity index (χ1v) is 9.70. The van der Waals surface area contributed by atoms with Crippen LogP contribution in [0.25, 0.3) is 16.9 Å². The lowest BCUT2D eigenvalue weighted by Gasteiger charge is -2.06. The van der Waals surface area contributed by atoms with Gasteiger partial charge in [-0.05, 0) is 31.2 Å². The molecule has 0 radical (unpaired) electrons. The number of rotatable bonds is 6. The van der Waals surface area contributed by atoms with E-state index in [1.807, 2.05) is 93.6 Å². The summed E-state index contributed by atoms with van der Waals surface area (Å²) in [7, 11) is 0. The lowest BCUT2D eigenvalue weighted by molar-refractivity contribution is 0.0968. The van der Waals surface area contributed by atoms with Crippen molar-refractivity contribution in [2.24, 2.45) is 0 Å². The van der Waals surface area contributed by atoms with Crippen LogP contribution in [0.5, 0.6) is 0 Å². The Bertz CT molecular complexity index is 983. The van der Waals surface area contributed by atoms with Gasteiger partial charge >= 0.3 is 0 Å². The Kier molecular flexibility index (Phi) is 8.39. The summed E-state index contributed by atoms with van der Waals surface area (Å²) in [5.74, 6) is -0.220. The van der Waals surface area contributed by atoms with Crippen LogP contribution < -0.4 is 5.32 Å². The third kappa shape index (κ3) is 5.66. The van der Waals surface area contributed by atoms with Gasteiger partial charge in [-0.15, -0.1) is 0 Å². The van der Waals surface area contributed by atoms with E-state index in [-0.39, 0.29) is 5.91 Å². The van der Waals surface area contributed by atoms with Crippen molar-refractivity contribution >= 4 is 5.91 Å². The highest BCUT2D eigenvalue weighted by molar-refractivity contribution is 6.01. The first-order valence-electron chi connectivity index (χ1n) is 9.70. The maximum atomic E-state index is 13.0. The maximum Gasteiger partial charge on any atom is 0.259 e. The van der Waals surface area contributed by atoms with Crippen LogP contribution in [-0.4, -0.2) is 15.7 Å². The van der Waals surface area contributed by atoms with Crippen molar-refractivity contribution in [3.8, 4) is 16.9 Å². The van der Waals surface area contributed by atoms with Crippen LogP contribution in [0.15, 0.2) is 103 Å². The molecule has 1 amide bonds. The zero-order chi connectivity index (χ0) is 21.1. The van der Waals surface area contributed by atoms with Crippen molar-refractivity contribution < 1.29 is 4.79 Å². The molecule has 0 saturated carbocycles. The average Bonchev–Trinajstić information content (AvgIpc) is 3.22. The molecule has 0 fully saturated rings. The summed E-state index contributed by atoms with van der Waals surface area (Å²) in [6, 6.07) is 19.4. The number of amides is 1. The average molecular weight is 386 g/mol. The molecule has 1 heterocycles. The first kappa shape index (κ1) is 21.6. The highest BCUT2D eigenvalue weighted by Crippen LogP contribution is 2.24. The monoisotopic (exact) mass is 385 g/mol. The third-order valence-electron chi connectivity index (χ3n) is 3.93. The Morgan fingerprint density at radius 2 is 1.66 bits per heavy atom. The van der Waals surface area contributed by atoms with E-state index >= 15 is 0 Å². The third-order valence-corrected chi connectivity index (χ3v) is 3.93. The molecular formula is C25H27N3O. The summed E-state index contributed by atoms with van der Waals surface area (Å²) in [6.45, 7) is 9.59. The van der Waals surface area contributed by atoms with Crippen molar-refractivity contribution in [2.45, 2.75) is 20.8 Å². The van der Waals surface area contributed by atoms with Crippen molar-refractivity contribution in [3.05, 3.63) is 109 Å². The van der Waals surface area contributed by atoms with E-state index in [0.29, 0.717) is 17.0 Å². The Morgan fingerprint density at radius 1 is 1.03 bits per heavy atom. The van der Waals surface area contributed by atoms with Crippen LogP contribution in [-0.2, 0) is 0 Å². The molecule has 0 aliphatic heterocycles. The van der Waals surface area contributed by atoms with Crippen LogP contribution in [0.2, 0.25) is 0 Å². The molecule has 0 spiro atoms. The number of para-hydroxylation sites is 1. The van der Waals surface area contributed by atoms with Gasteiger partial charge in [0.15, 0.2) is 0 Å². The summed E-state index contributed by atoms with van der Waals surface area (Å²) < 4.78 is 1.73. The standard InChI is InChI=1S/C23H21N3O.C2H6/c1-3-11-19(12-4-2)24-23(27)21-17-26(20-15-9-6-10-16-20)25-22(21)18-13-7-5-8-14-18;1-2/h3-17H,1H2,2H3,(H,24,27);1-2H3/b12-4-,19-11+;. The normalized spacial score (nSPS) is 10.9. The Morgan fingerprint density at radius 3 is 2.24 bits per heavy atom. The summed E-state index contributed by atoms with van der Waals surface area (Å²) in [5.41, 5.74) is 3.59. The molecule has 3 rings (SSSR count). The predicted octanol–water partition coefficient (Wildman–Crippen LogP) is 5.94. The number of nitrogens with one attached hydrogen (secondary N) is 1. The molecule has 0 aliphatic carbocycles. The molecule has 148 valence electrons. The van der Waals surface area contributed by atoms with Crippen molar-refractivity contribution in [3.63, 3.8) is 0 Å². The number of aromatic nitrogens is 2. The van der Waals surface area contributed by atoms with Gasteiger partial charge in [0.25, 0.3) is 5.91 Å². The fraction of sp³-hybridized carbons (Fsp3) is 0.120. The van der Waals surface area contributed by atoms with E-state index in [1.54, 1.807) is 23.0 Å². The fourth-order valence-corrected chi connectivity index (χ4v) is 2.71. The molecule has 0 aliphatic rings. The summed E-state index contributed by atoms with van der Waals surface area (Å²) in [5, 5.41) is 7.59. The summed E-state index contributed by atoms with van der Waals surface area (Å²) >= 11 is 0. The lowest BCUT2D eigenvalue weighted by Crippen LogP contribution is -2.22. The topological polar surface area (TPSA) is 46.9 Å². The smallest absolute Gasteiger partial charge is 0.259 e. The molecule has 4 heteroatoms. The largest absolute Gasteiger partial charge is 0.322 e. The van der Waals surface area contributed by atoms with Gasteiger partial charge in [0.05, 0.1) is 11.3 Å². The highest BCUT2D eigenvalue weighted by atomic mass is 16.1. The van der Waals surface area contributed by atoms with E-state index in [4.69, 9.17) is 0 Å². The number of carbonyl (C=O) groups is 1. The molecule has 0 unspecified atom stereocenters. The van der Waals surface area contributed by atoms with Crippen molar-refractivity contribution in [1.82, 2.24) is 15.1 Å². The van der Waals surface area contributed by atoms with Gasteiger partial charge in [-0.3, -0.25) is 4.79 Å². The Hall–Kier alpha value is -3.66. The van der Waals surface area contributed by atoms with Gasteiger partial charge in [0.1, 0.15) is 5.69 Å². The molecule has 4 nitrogen and oxygen atoms in total. The molecule has 0 saturated heterocycles. The first-order chi connectivity index (χ1) is 14.2. The van der Waals surface area contributed by atoms with E-state index in [0.717, 1.165) is 11.3 Å². The minimum atomic E-state index is -0.220. The summed E-state index contributed by atoms with van der Waals surface area (Å²) in [6.07, 6.45) is 8.83. The predicted molar refractivity (Wildman–Crippen MR) is 121 cm³/mol. The molecule has 0 atom stereocenters. The summed E-state index contributed by atoms with van der Waals surface area (Å²) in [4.78, 5) is 13.0. The molecule has 0 bridgehead atoms. The van der Waals surface area contributed by atoms with Crippen LogP contribution in [0.4, 0.5) is 0 Å². The second-order valence-corrected chi connectivity index (χ2v) is 5.85. The highest BCUT2D eigenvalue weighted by Gasteiger charge is 2.18. The fourth-order valence-electron chi connectivity index (χ4n) is 2.71. The van der Waals surface area contributed by atoms with E-state index in [9.17, 15) is 4.79 Å². The van der Waals surface area contributed by atoms with Gasteiger partial charge in [0.2, 0.25) is 0 Å². The molecule has 1 N–H and O–H groups in total. The molecule has 29 heavy (non-hydrogen) atoms. The van der Waals surface area contributed by atoms with Crippen LogP contribution in [0.3, 0.4) is 0 Å². The number of benzene rings is 2. The zero-order valence-corrected chi connectivity index (χ0v) is 17.2. The maximum absolute atomic E-state index is 13.0. The van der Waals surface area contributed by atoms with Crippen LogP contribution >= 0.6 is 0 Å². The van der Waals surface area contributed by atoms with Crippen LogP contribution in [0.1, 0.15) is 31.1 Å². The second-order valence-electron chi connectivity index (χ2n) is 5.85. The minimum absolute atomic E-state index is 0.220. The lowest BCUT2D eigenvalue weighted by atomic mass is 10.1. The van der Waals surface area contributed by atoms with E-state index < -0.39 is 0 Å². The van der Waals surface area contributed by atoms with Crippen molar-refractivity contribution in [1.29, 1.82) is 0 Å². The van der Waals surface area contributed by atoms with Gasteiger partial charge < -0.3 is 5.32 Å². The number of carbonyl (C=O) groups excluding carboxylic acids is 1. The zero-order valence-electron chi connectivity index (χ0n) is 17.2. The van der Waals surface area contributed by atoms with E-state index in [2.05, 4.69) is 17.0 Å². The molecular weight excluding hydrogens is 358 g/mol. The van der Waals surface area contributed by atoms with Crippen LogP contribution in [0, 0.1) is 0 Å². The minimum Gasteiger partial charge on any atom is -0.322 e. The molecule has 1 aromatic heterocycles. The quantitative estimate of drug-likeness (QED) is 0.534. The number of allylic oxidation sites excluding steroid dienone is 4. The second kappa shape index (κ2) is 11.2. The Labute approximate surface area is 172 Å². The van der Waals surface area contributed by atoms with Gasteiger partial charge in [-0.1, -0.05) is 81.1 Å². The van der Waals surface area contributed by atoms with Gasteiger partial charge in [-0.2, -0.15) is 5.10 Å². The Balaban J connectivity index is 0.00000145. The number of hydrogen-bond acceptors (Lipinski definition) is 2. The number of nitrogens with zero attached hydrogens (tertiary/aromatic N) is 2.